The van der Waals surface area contributed by atoms with Crippen LogP contribution in [0.15, 0.2) is 18.2 Å². The molecule has 0 saturated carbocycles. The lowest BCUT2D eigenvalue weighted by molar-refractivity contribution is -0.0171. The Morgan fingerprint density at radius 2 is 1.87 bits per heavy atom. The normalized spacial score (nSPS) is 15.0. The van der Waals surface area contributed by atoms with E-state index in [9.17, 15) is 13.9 Å². The number of rotatable bonds is 4. The van der Waals surface area contributed by atoms with Gasteiger partial charge in [0.1, 0.15) is 11.6 Å². The number of methoxy groups -OCH3 is 1. The predicted octanol–water partition coefficient (Wildman–Crippen LogP) is 1.90. The summed E-state index contributed by atoms with van der Waals surface area (Å²) in [5.74, 6) is -1.29. The molecule has 84 valence electrons. The minimum Gasteiger partial charge on any atom is -0.387 e. The summed E-state index contributed by atoms with van der Waals surface area (Å²) in [4.78, 5) is 0. The molecule has 0 radical (unpaired) electrons. The molecule has 2 nitrogen and oxygen atoms in total. The highest BCUT2D eigenvalue weighted by Gasteiger charge is 2.24. The van der Waals surface area contributed by atoms with Crippen molar-refractivity contribution >= 4 is 0 Å². The molecule has 0 aromatic heterocycles. The fraction of sp³-hybridized carbons (Fsp3) is 0.455. The van der Waals surface area contributed by atoms with Gasteiger partial charge in [0, 0.05) is 19.1 Å². The number of benzene rings is 1. The number of aliphatic hydroxyl groups is 1. The summed E-state index contributed by atoms with van der Waals surface area (Å²) in [6.07, 6.45) is -0.112. The summed E-state index contributed by atoms with van der Waals surface area (Å²) in [6, 6.07) is 3.63. The zero-order valence-electron chi connectivity index (χ0n) is 8.76. The van der Waals surface area contributed by atoms with Crippen LogP contribution in [0.25, 0.3) is 0 Å². The third-order valence-corrected chi connectivity index (χ3v) is 2.07. The molecule has 0 heterocycles. The highest BCUT2D eigenvalue weighted by atomic mass is 19.1. The monoisotopic (exact) mass is 216 g/mol. The Morgan fingerprint density at radius 3 is 2.33 bits per heavy atom. The summed E-state index contributed by atoms with van der Waals surface area (Å²) >= 11 is 0. The maximum Gasteiger partial charge on any atom is 0.129 e. The topological polar surface area (TPSA) is 29.5 Å². The molecular formula is C11H14F2O2. The maximum atomic E-state index is 13.2. The summed E-state index contributed by atoms with van der Waals surface area (Å²) in [7, 11) is 1.42. The van der Waals surface area contributed by atoms with Crippen molar-refractivity contribution in [3.8, 4) is 0 Å². The minimum atomic E-state index is -1.27. The molecule has 0 aliphatic carbocycles. The molecule has 1 unspecified atom stereocenters. The zero-order chi connectivity index (χ0) is 11.5. The molecule has 0 fully saturated rings. The SMILES string of the molecule is COCC(C)(O)Cc1c(F)cccc1F. The Labute approximate surface area is 87.5 Å². The Morgan fingerprint density at radius 1 is 1.33 bits per heavy atom. The Hall–Kier alpha value is -1.00. The first-order valence-corrected chi connectivity index (χ1v) is 4.60. The van der Waals surface area contributed by atoms with Gasteiger partial charge in [-0.25, -0.2) is 8.78 Å². The second kappa shape index (κ2) is 4.68. The van der Waals surface area contributed by atoms with E-state index in [2.05, 4.69) is 0 Å². The van der Waals surface area contributed by atoms with Gasteiger partial charge >= 0.3 is 0 Å². The third-order valence-electron chi connectivity index (χ3n) is 2.07. The van der Waals surface area contributed by atoms with E-state index < -0.39 is 17.2 Å². The highest BCUT2D eigenvalue weighted by Crippen LogP contribution is 2.19. The maximum absolute atomic E-state index is 13.2. The Bertz CT molecular complexity index is 317. The van der Waals surface area contributed by atoms with Crippen molar-refractivity contribution in [2.45, 2.75) is 18.9 Å². The molecule has 15 heavy (non-hydrogen) atoms. The van der Waals surface area contributed by atoms with Gasteiger partial charge in [0.2, 0.25) is 0 Å². The van der Waals surface area contributed by atoms with E-state index in [1.165, 1.54) is 32.2 Å². The second-order valence-corrected chi connectivity index (χ2v) is 3.81. The lowest BCUT2D eigenvalue weighted by Gasteiger charge is -2.22. The summed E-state index contributed by atoms with van der Waals surface area (Å²) in [6.45, 7) is 1.50. The molecule has 1 N–H and O–H groups in total. The van der Waals surface area contributed by atoms with E-state index >= 15 is 0 Å². The molecule has 0 aliphatic rings. The molecule has 1 aromatic carbocycles. The van der Waals surface area contributed by atoms with Gasteiger partial charge in [-0.05, 0) is 19.1 Å². The van der Waals surface area contributed by atoms with E-state index in [4.69, 9.17) is 4.74 Å². The molecule has 0 aliphatic heterocycles. The fourth-order valence-electron chi connectivity index (χ4n) is 1.44. The largest absolute Gasteiger partial charge is 0.387 e. The lowest BCUT2D eigenvalue weighted by Crippen LogP contribution is -2.33. The highest BCUT2D eigenvalue weighted by molar-refractivity contribution is 5.21. The van der Waals surface area contributed by atoms with Crippen molar-refractivity contribution in [2.75, 3.05) is 13.7 Å². The standard InChI is InChI=1S/C11H14F2O2/c1-11(14,7-15-2)6-8-9(12)4-3-5-10(8)13/h3-5,14H,6-7H2,1-2H3. The van der Waals surface area contributed by atoms with Crippen molar-refractivity contribution in [1.82, 2.24) is 0 Å². The number of hydrogen-bond acceptors (Lipinski definition) is 2. The Kier molecular flexibility index (Phi) is 3.77. The van der Waals surface area contributed by atoms with E-state index in [-0.39, 0.29) is 18.6 Å². The van der Waals surface area contributed by atoms with Crippen molar-refractivity contribution in [1.29, 1.82) is 0 Å². The van der Waals surface area contributed by atoms with Gasteiger partial charge in [0.05, 0.1) is 12.2 Å². The average molecular weight is 216 g/mol. The van der Waals surface area contributed by atoms with Crippen LogP contribution in [0.3, 0.4) is 0 Å². The van der Waals surface area contributed by atoms with Crippen LogP contribution in [0.1, 0.15) is 12.5 Å². The van der Waals surface area contributed by atoms with Crippen LogP contribution in [0, 0.1) is 11.6 Å². The predicted molar refractivity (Wildman–Crippen MR) is 52.6 cm³/mol. The van der Waals surface area contributed by atoms with E-state index in [0.29, 0.717) is 0 Å². The van der Waals surface area contributed by atoms with Gasteiger partial charge in [0.25, 0.3) is 0 Å². The lowest BCUT2D eigenvalue weighted by atomic mass is 9.96. The number of hydrogen-bond donors (Lipinski definition) is 1. The van der Waals surface area contributed by atoms with E-state index in [0.717, 1.165) is 0 Å². The van der Waals surface area contributed by atoms with Gasteiger partial charge < -0.3 is 9.84 Å². The van der Waals surface area contributed by atoms with Crippen LogP contribution in [-0.4, -0.2) is 24.4 Å². The molecule has 4 heteroatoms. The molecule has 1 aromatic rings. The third kappa shape index (κ3) is 3.25. The summed E-state index contributed by atoms with van der Waals surface area (Å²) in [5, 5.41) is 9.76. The summed E-state index contributed by atoms with van der Waals surface area (Å²) < 4.78 is 31.2. The first-order valence-electron chi connectivity index (χ1n) is 4.60. The average Bonchev–Trinajstić information content (AvgIpc) is 2.11. The second-order valence-electron chi connectivity index (χ2n) is 3.81. The van der Waals surface area contributed by atoms with Crippen molar-refractivity contribution in [2.24, 2.45) is 0 Å². The first kappa shape index (κ1) is 12.1. The summed E-state index contributed by atoms with van der Waals surface area (Å²) in [5.41, 5.74) is -1.38. The van der Waals surface area contributed by atoms with Crippen LogP contribution < -0.4 is 0 Å². The van der Waals surface area contributed by atoms with Crippen molar-refractivity contribution < 1.29 is 18.6 Å². The van der Waals surface area contributed by atoms with Gasteiger partial charge in [-0.1, -0.05) is 6.07 Å². The van der Waals surface area contributed by atoms with Gasteiger partial charge in [0.15, 0.2) is 0 Å². The van der Waals surface area contributed by atoms with Crippen LogP contribution >= 0.6 is 0 Å². The first-order chi connectivity index (χ1) is 6.96. The van der Waals surface area contributed by atoms with Gasteiger partial charge in [-0.3, -0.25) is 0 Å². The Balaban J connectivity index is 2.89. The molecule has 0 amide bonds. The molecule has 0 saturated heterocycles. The van der Waals surface area contributed by atoms with Crippen molar-refractivity contribution in [3.63, 3.8) is 0 Å². The van der Waals surface area contributed by atoms with E-state index in [1.807, 2.05) is 0 Å². The zero-order valence-corrected chi connectivity index (χ0v) is 8.76. The molecule has 0 spiro atoms. The molecular weight excluding hydrogens is 202 g/mol. The van der Waals surface area contributed by atoms with Crippen molar-refractivity contribution in [3.05, 3.63) is 35.4 Å². The smallest absolute Gasteiger partial charge is 0.129 e. The van der Waals surface area contributed by atoms with Crippen LogP contribution in [0.5, 0.6) is 0 Å². The molecule has 0 bridgehead atoms. The van der Waals surface area contributed by atoms with Crippen LogP contribution in [0.2, 0.25) is 0 Å². The minimum absolute atomic E-state index is 0.0285. The van der Waals surface area contributed by atoms with Crippen LogP contribution in [0.4, 0.5) is 8.78 Å². The molecule has 1 rings (SSSR count). The van der Waals surface area contributed by atoms with Crippen LogP contribution in [-0.2, 0) is 11.2 Å². The quantitative estimate of drug-likeness (QED) is 0.833. The number of halogens is 2. The van der Waals surface area contributed by atoms with Gasteiger partial charge in [-0.15, -0.1) is 0 Å². The fourth-order valence-corrected chi connectivity index (χ4v) is 1.44. The molecule has 1 atom stereocenters. The van der Waals surface area contributed by atoms with E-state index in [1.54, 1.807) is 0 Å². The number of ether oxygens (including phenoxy) is 1. The van der Waals surface area contributed by atoms with Gasteiger partial charge in [-0.2, -0.15) is 0 Å².